The first-order valence-corrected chi connectivity index (χ1v) is 8.99. The van der Waals surface area contributed by atoms with E-state index in [1.165, 1.54) is 19.2 Å². The Morgan fingerprint density at radius 1 is 1.41 bits per heavy atom. The molecule has 2 heterocycles. The molecule has 0 radical (unpaired) electrons. The number of rotatable bonds is 6. The second-order valence-electron chi connectivity index (χ2n) is 6.65. The third-order valence-corrected chi connectivity index (χ3v) is 4.61. The summed E-state index contributed by atoms with van der Waals surface area (Å²) in [5.41, 5.74) is 0.854. The van der Waals surface area contributed by atoms with E-state index >= 15 is 0 Å². The standard InChI is InChI=1S/C18H25FN4O4/c1-26-11-12-8-13(2-3-14(12)19)20-17(24)9-15-21-16(10-18(25)22-15)23-4-6-27-7-5-23/h2-3,8,15-16,21H,4-7,9-11H2,1H3,(H,20,24)(H,22,25). The van der Waals surface area contributed by atoms with Crippen LogP contribution in [0.25, 0.3) is 0 Å². The summed E-state index contributed by atoms with van der Waals surface area (Å²) in [7, 11) is 1.48. The molecule has 1 aromatic rings. The number of anilines is 1. The largest absolute Gasteiger partial charge is 0.380 e. The molecule has 8 nitrogen and oxygen atoms in total. The highest BCUT2D eigenvalue weighted by Crippen LogP contribution is 2.17. The Balaban J connectivity index is 1.56. The molecule has 2 fully saturated rings. The van der Waals surface area contributed by atoms with Crippen LogP contribution in [0.4, 0.5) is 10.1 Å². The summed E-state index contributed by atoms with van der Waals surface area (Å²) < 4.78 is 24.0. The third-order valence-electron chi connectivity index (χ3n) is 4.61. The van der Waals surface area contributed by atoms with Gasteiger partial charge in [-0.05, 0) is 18.2 Å². The Morgan fingerprint density at radius 3 is 2.93 bits per heavy atom. The maximum absolute atomic E-state index is 13.7. The molecule has 0 spiro atoms. The zero-order valence-electron chi connectivity index (χ0n) is 15.3. The molecule has 1 aromatic carbocycles. The van der Waals surface area contributed by atoms with Gasteiger partial charge in [-0.15, -0.1) is 0 Å². The number of carbonyl (C=O) groups is 2. The molecule has 27 heavy (non-hydrogen) atoms. The van der Waals surface area contributed by atoms with Crippen LogP contribution >= 0.6 is 0 Å². The quantitative estimate of drug-likeness (QED) is 0.662. The topological polar surface area (TPSA) is 91.9 Å². The van der Waals surface area contributed by atoms with Crippen molar-refractivity contribution in [2.45, 2.75) is 31.8 Å². The average Bonchev–Trinajstić information content (AvgIpc) is 2.65. The Bertz CT molecular complexity index is 681. The molecule has 0 aliphatic carbocycles. The molecule has 3 rings (SSSR count). The van der Waals surface area contributed by atoms with Crippen LogP contribution in [0.5, 0.6) is 0 Å². The fourth-order valence-corrected chi connectivity index (χ4v) is 3.31. The number of nitrogens with one attached hydrogen (secondary N) is 3. The molecule has 9 heteroatoms. The molecule has 0 saturated carbocycles. The number of ether oxygens (including phenoxy) is 2. The van der Waals surface area contributed by atoms with Gasteiger partial charge < -0.3 is 20.1 Å². The van der Waals surface area contributed by atoms with Crippen molar-refractivity contribution in [1.29, 1.82) is 0 Å². The van der Waals surface area contributed by atoms with Crippen molar-refractivity contribution in [2.75, 3.05) is 38.7 Å². The molecule has 2 unspecified atom stereocenters. The van der Waals surface area contributed by atoms with Crippen molar-refractivity contribution >= 4 is 17.5 Å². The Hall–Kier alpha value is -2.07. The van der Waals surface area contributed by atoms with Crippen LogP contribution < -0.4 is 16.0 Å². The molecule has 2 aliphatic heterocycles. The minimum Gasteiger partial charge on any atom is -0.380 e. The van der Waals surface area contributed by atoms with Crippen molar-refractivity contribution in [3.05, 3.63) is 29.6 Å². The van der Waals surface area contributed by atoms with E-state index < -0.39 is 6.17 Å². The summed E-state index contributed by atoms with van der Waals surface area (Å²) in [6.07, 6.45) is -0.155. The van der Waals surface area contributed by atoms with E-state index in [4.69, 9.17) is 9.47 Å². The first-order valence-electron chi connectivity index (χ1n) is 8.99. The van der Waals surface area contributed by atoms with E-state index in [0.29, 0.717) is 30.9 Å². The average molecular weight is 380 g/mol. The summed E-state index contributed by atoms with van der Waals surface area (Å²) in [5, 5.41) is 8.84. The van der Waals surface area contributed by atoms with Crippen molar-refractivity contribution in [3.63, 3.8) is 0 Å². The van der Waals surface area contributed by atoms with Crippen LogP contribution in [0.3, 0.4) is 0 Å². The molecule has 2 saturated heterocycles. The number of benzene rings is 1. The summed E-state index contributed by atoms with van der Waals surface area (Å²) in [6.45, 7) is 2.90. The fourth-order valence-electron chi connectivity index (χ4n) is 3.31. The molecule has 2 amide bonds. The SMILES string of the molecule is COCc1cc(NC(=O)CC2NC(=O)CC(N3CCOCC3)N2)ccc1F. The minimum atomic E-state index is -0.460. The monoisotopic (exact) mass is 380 g/mol. The molecular formula is C18H25FN4O4. The molecular weight excluding hydrogens is 355 g/mol. The maximum Gasteiger partial charge on any atom is 0.227 e. The summed E-state index contributed by atoms with van der Waals surface area (Å²) in [6, 6.07) is 4.33. The Labute approximate surface area is 157 Å². The smallest absolute Gasteiger partial charge is 0.227 e. The number of carbonyl (C=O) groups excluding carboxylic acids is 2. The number of amides is 2. The predicted molar refractivity (Wildman–Crippen MR) is 96.2 cm³/mol. The van der Waals surface area contributed by atoms with Gasteiger partial charge >= 0.3 is 0 Å². The lowest BCUT2D eigenvalue weighted by atomic mass is 10.1. The predicted octanol–water partition coefficient (Wildman–Crippen LogP) is 0.395. The van der Waals surface area contributed by atoms with E-state index in [0.717, 1.165) is 13.1 Å². The van der Waals surface area contributed by atoms with Gasteiger partial charge in [0.1, 0.15) is 5.82 Å². The Morgan fingerprint density at radius 2 is 2.19 bits per heavy atom. The number of nitrogens with zero attached hydrogens (tertiary/aromatic N) is 1. The zero-order valence-corrected chi connectivity index (χ0v) is 15.3. The first-order chi connectivity index (χ1) is 13.0. The second-order valence-corrected chi connectivity index (χ2v) is 6.65. The van der Waals surface area contributed by atoms with Crippen LogP contribution in [-0.2, 0) is 25.7 Å². The lowest BCUT2D eigenvalue weighted by Gasteiger charge is -2.40. The first kappa shape index (κ1) is 19.7. The van der Waals surface area contributed by atoms with Crippen molar-refractivity contribution in [1.82, 2.24) is 15.5 Å². The molecule has 148 valence electrons. The molecule has 0 aromatic heterocycles. The van der Waals surface area contributed by atoms with Gasteiger partial charge in [-0.2, -0.15) is 0 Å². The van der Waals surface area contributed by atoms with Crippen LogP contribution in [0, 0.1) is 5.82 Å². The highest BCUT2D eigenvalue weighted by atomic mass is 19.1. The lowest BCUT2D eigenvalue weighted by Crippen LogP contribution is -2.63. The number of halogens is 1. The van der Waals surface area contributed by atoms with Gasteiger partial charge in [-0.3, -0.25) is 19.8 Å². The summed E-state index contributed by atoms with van der Waals surface area (Å²) in [5.74, 6) is -0.748. The van der Waals surface area contributed by atoms with Gasteiger partial charge in [-0.1, -0.05) is 0 Å². The zero-order chi connectivity index (χ0) is 19.2. The number of hydrogen-bond acceptors (Lipinski definition) is 6. The summed E-state index contributed by atoms with van der Waals surface area (Å²) in [4.78, 5) is 26.5. The Kier molecular flexibility index (Phi) is 6.73. The summed E-state index contributed by atoms with van der Waals surface area (Å²) >= 11 is 0. The van der Waals surface area contributed by atoms with Crippen LogP contribution in [0.15, 0.2) is 18.2 Å². The molecule has 2 atom stereocenters. The van der Waals surface area contributed by atoms with E-state index in [1.54, 1.807) is 6.07 Å². The van der Waals surface area contributed by atoms with Gasteiger partial charge in [0.2, 0.25) is 11.8 Å². The van der Waals surface area contributed by atoms with E-state index in [-0.39, 0.29) is 36.8 Å². The van der Waals surface area contributed by atoms with Crippen LogP contribution in [-0.4, -0.2) is 62.5 Å². The molecule has 2 aliphatic rings. The lowest BCUT2D eigenvalue weighted by molar-refractivity contribution is -0.128. The van der Waals surface area contributed by atoms with E-state index in [1.807, 2.05) is 0 Å². The minimum absolute atomic E-state index is 0.0730. The van der Waals surface area contributed by atoms with Gasteiger partial charge in [0, 0.05) is 31.5 Å². The van der Waals surface area contributed by atoms with Crippen LogP contribution in [0.2, 0.25) is 0 Å². The van der Waals surface area contributed by atoms with Crippen molar-refractivity contribution in [2.24, 2.45) is 0 Å². The van der Waals surface area contributed by atoms with Crippen molar-refractivity contribution < 1.29 is 23.5 Å². The number of methoxy groups -OCH3 is 1. The second kappa shape index (κ2) is 9.23. The van der Waals surface area contributed by atoms with Gasteiger partial charge in [0.05, 0.1) is 45.0 Å². The van der Waals surface area contributed by atoms with Gasteiger partial charge in [-0.25, -0.2) is 4.39 Å². The molecule has 0 bridgehead atoms. The maximum atomic E-state index is 13.7. The highest BCUT2D eigenvalue weighted by molar-refractivity contribution is 5.91. The van der Waals surface area contributed by atoms with E-state index in [2.05, 4.69) is 20.9 Å². The normalized spacial score (nSPS) is 23.7. The van der Waals surface area contributed by atoms with Crippen LogP contribution in [0.1, 0.15) is 18.4 Å². The number of hydrogen-bond donors (Lipinski definition) is 3. The van der Waals surface area contributed by atoms with Crippen molar-refractivity contribution in [3.8, 4) is 0 Å². The number of morpholine rings is 1. The van der Waals surface area contributed by atoms with Gasteiger partial charge in [0.15, 0.2) is 0 Å². The fraction of sp³-hybridized carbons (Fsp3) is 0.556. The third kappa shape index (κ3) is 5.46. The molecule has 3 N–H and O–H groups in total. The van der Waals surface area contributed by atoms with E-state index in [9.17, 15) is 14.0 Å². The van der Waals surface area contributed by atoms with Gasteiger partial charge in [0.25, 0.3) is 0 Å². The highest BCUT2D eigenvalue weighted by Gasteiger charge is 2.31.